The topological polar surface area (TPSA) is 54.5 Å². The summed E-state index contributed by atoms with van der Waals surface area (Å²) in [4.78, 5) is 18.5. The first-order valence-electron chi connectivity index (χ1n) is 7.49. The first-order chi connectivity index (χ1) is 9.85. The fourth-order valence-corrected chi connectivity index (χ4v) is 2.54. The van der Waals surface area contributed by atoms with Gasteiger partial charge in [-0.15, -0.1) is 0 Å². The number of hydrogen-bond donors (Lipinski definition) is 1. The van der Waals surface area contributed by atoms with Gasteiger partial charge in [0.25, 0.3) is 0 Å². The Labute approximate surface area is 126 Å². The zero-order valence-corrected chi connectivity index (χ0v) is 13.3. The van der Waals surface area contributed by atoms with Crippen LogP contribution in [-0.4, -0.2) is 40.7 Å². The molecule has 1 aliphatic heterocycles. The minimum Gasteiger partial charge on any atom is -0.444 e. The van der Waals surface area contributed by atoms with Crippen molar-refractivity contribution in [2.45, 2.75) is 51.8 Å². The van der Waals surface area contributed by atoms with Gasteiger partial charge in [-0.05, 0) is 46.2 Å². The second kappa shape index (κ2) is 6.43. The summed E-state index contributed by atoms with van der Waals surface area (Å²) in [6.07, 6.45) is 2.43. The van der Waals surface area contributed by atoms with E-state index in [0.717, 1.165) is 25.2 Å². The van der Waals surface area contributed by atoms with E-state index < -0.39 is 5.60 Å². The lowest BCUT2D eigenvalue weighted by Gasteiger charge is -2.24. The number of carbonyl (C=O) groups excluding carboxylic acids is 1. The number of aromatic nitrogens is 1. The van der Waals surface area contributed by atoms with Crippen LogP contribution in [-0.2, 0) is 4.74 Å². The average Bonchev–Trinajstić information content (AvgIpc) is 2.85. The lowest BCUT2D eigenvalue weighted by Crippen LogP contribution is -2.40. The Kier molecular flexibility index (Phi) is 4.83. The second-order valence-electron chi connectivity index (χ2n) is 6.56. The second-order valence-corrected chi connectivity index (χ2v) is 6.56. The molecule has 0 radical (unpaired) electrons. The predicted octanol–water partition coefficient (Wildman–Crippen LogP) is 2.74. The van der Waals surface area contributed by atoms with Crippen LogP contribution in [0.4, 0.5) is 4.79 Å². The number of amides is 1. The summed E-state index contributed by atoms with van der Waals surface area (Å²) >= 11 is 0. The summed E-state index contributed by atoms with van der Waals surface area (Å²) in [6, 6.07) is 6.38. The van der Waals surface area contributed by atoms with Crippen LogP contribution in [0, 0.1) is 0 Å². The number of ether oxygens (including phenoxy) is 1. The van der Waals surface area contributed by atoms with E-state index in [1.165, 1.54) is 0 Å². The Morgan fingerprint density at radius 2 is 2.24 bits per heavy atom. The first-order valence-corrected chi connectivity index (χ1v) is 7.49. The third kappa shape index (κ3) is 4.70. The van der Waals surface area contributed by atoms with Crippen LogP contribution in [0.3, 0.4) is 0 Å². The van der Waals surface area contributed by atoms with Crippen molar-refractivity contribution in [3.05, 3.63) is 30.1 Å². The van der Waals surface area contributed by atoms with Crippen molar-refractivity contribution in [2.24, 2.45) is 0 Å². The van der Waals surface area contributed by atoms with Gasteiger partial charge in [0.15, 0.2) is 0 Å². The Bertz CT molecular complexity index is 470. The maximum Gasteiger partial charge on any atom is 0.407 e. The third-order valence-electron chi connectivity index (χ3n) is 3.60. The zero-order chi connectivity index (χ0) is 15.5. The Balaban J connectivity index is 1.85. The fourth-order valence-electron chi connectivity index (χ4n) is 2.54. The maximum atomic E-state index is 11.8. The minimum absolute atomic E-state index is 0.144. The molecule has 2 atom stereocenters. The molecule has 1 unspecified atom stereocenters. The third-order valence-corrected chi connectivity index (χ3v) is 3.60. The van der Waals surface area contributed by atoms with Gasteiger partial charge in [-0.2, -0.15) is 0 Å². The van der Waals surface area contributed by atoms with Crippen molar-refractivity contribution in [3.8, 4) is 0 Å². The maximum absolute atomic E-state index is 11.8. The quantitative estimate of drug-likeness (QED) is 0.930. The fraction of sp³-hybridized carbons (Fsp3) is 0.625. The molecule has 116 valence electrons. The number of rotatable bonds is 3. The Hall–Kier alpha value is -1.62. The molecule has 1 saturated heterocycles. The van der Waals surface area contributed by atoms with Gasteiger partial charge >= 0.3 is 6.09 Å². The highest BCUT2D eigenvalue weighted by atomic mass is 16.6. The highest BCUT2D eigenvalue weighted by Crippen LogP contribution is 2.23. The molecule has 5 nitrogen and oxygen atoms in total. The van der Waals surface area contributed by atoms with Crippen molar-refractivity contribution in [3.63, 3.8) is 0 Å². The molecule has 0 aliphatic carbocycles. The standard InChI is InChI=1S/C16H25N3O2/c1-12(14-7-5-6-9-17-14)19-10-8-13(11-19)18-15(20)21-16(2,3)4/h5-7,9,12-13H,8,10-11H2,1-4H3,(H,18,20)/t12?,13-/m1/s1. The van der Waals surface area contributed by atoms with Gasteiger partial charge in [-0.1, -0.05) is 6.07 Å². The summed E-state index contributed by atoms with van der Waals surface area (Å²) in [5, 5.41) is 2.95. The van der Waals surface area contributed by atoms with Crippen molar-refractivity contribution in [1.29, 1.82) is 0 Å². The highest BCUT2D eigenvalue weighted by Gasteiger charge is 2.29. The molecular weight excluding hydrogens is 266 g/mol. The summed E-state index contributed by atoms with van der Waals surface area (Å²) in [7, 11) is 0. The summed E-state index contributed by atoms with van der Waals surface area (Å²) in [5.74, 6) is 0. The molecule has 1 N–H and O–H groups in total. The molecule has 2 heterocycles. The first kappa shape index (κ1) is 15.8. The molecule has 21 heavy (non-hydrogen) atoms. The SMILES string of the molecule is CC(c1ccccn1)N1CC[C@@H](NC(=O)OC(C)(C)C)C1. The van der Waals surface area contributed by atoms with E-state index in [0.29, 0.717) is 0 Å². The monoisotopic (exact) mass is 291 g/mol. The number of carbonyl (C=O) groups is 1. The van der Waals surface area contributed by atoms with Crippen LogP contribution in [0.5, 0.6) is 0 Å². The lowest BCUT2D eigenvalue weighted by atomic mass is 10.2. The molecule has 1 fully saturated rings. The van der Waals surface area contributed by atoms with Crippen molar-refractivity contribution in [1.82, 2.24) is 15.2 Å². The number of alkyl carbamates (subject to hydrolysis) is 1. The molecule has 0 spiro atoms. The van der Waals surface area contributed by atoms with Crippen molar-refractivity contribution in [2.75, 3.05) is 13.1 Å². The van der Waals surface area contributed by atoms with Crippen molar-refractivity contribution >= 4 is 6.09 Å². The van der Waals surface area contributed by atoms with Gasteiger partial charge in [0.2, 0.25) is 0 Å². The van der Waals surface area contributed by atoms with E-state index in [1.807, 2.05) is 45.2 Å². The Morgan fingerprint density at radius 1 is 1.48 bits per heavy atom. The van der Waals surface area contributed by atoms with Crippen LogP contribution in [0.25, 0.3) is 0 Å². The van der Waals surface area contributed by atoms with Crippen LogP contribution < -0.4 is 5.32 Å². The van der Waals surface area contributed by atoms with E-state index in [4.69, 9.17) is 4.74 Å². The van der Waals surface area contributed by atoms with Gasteiger partial charge in [0.1, 0.15) is 5.60 Å². The van der Waals surface area contributed by atoms with Gasteiger partial charge < -0.3 is 10.1 Å². The summed E-state index contributed by atoms with van der Waals surface area (Å²) in [6.45, 7) is 9.55. The van der Waals surface area contributed by atoms with Gasteiger partial charge in [-0.25, -0.2) is 4.79 Å². The molecule has 1 aromatic heterocycles. The highest BCUT2D eigenvalue weighted by molar-refractivity contribution is 5.68. The average molecular weight is 291 g/mol. The number of pyridine rings is 1. The predicted molar refractivity (Wildman–Crippen MR) is 82.0 cm³/mol. The number of nitrogens with zero attached hydrogens (tertiary/aromatic N) is 2. The largest absolute Gasteiger partial charge is 0.444 e. The molecule has 2 rings (SSSR count). The molecule has 0 aromatic carbocycles. The molecule has 1 amide bonds. The smallest absolute Gasteiger partial charge is 0.407 e. The van der Waals surface area contributed by atoms with Crippen LogP contribution in [0.2, 0.25) is 0 Å². The van der Waals surface area contributed by atoms with Gasteiger partial charge in [0.05, 0.1) is 5.69 Å². The van der Waals surface area contributed by atoms with E-state index in [9.17, 15) is 4.79 Å². The van der Waals surface area contributed by atoms with Crippen molar-refractivity contribution < 1.29 is 9.53 Å². The molecule has 1 aliphatic rings. The molecular formula is C16H25N3O2. The minimum atomic E-state index is -0.455. The van der Waals surface area contributed by atoms with E-state index in [2.05, 4.69) is 22.1 Å². The normalized spacial score (nSPS) is 21.0. The van der Waals surface area contributed by atoms with Crippen LogP contribution >= 0.6 is 0 Å². The molecule has 0 bridgehead atoms. The molecule has 5 heteroatoms. The van der Waals surface area contributed by atoms with E-state index >= 15 is 0 Å². The lowest BCUT2D eigenvalue weighted by molar-refractivity contribution is 0.0504. The van der Waals surface area contributed by atoms with Crippen LogP contribution in [0.1, 0.15) is 45.9 Å². The summed E-state index contributed by atoms with van der Waals surface area (Å²) in [5.41, 5.74) is 0.610. The molecule has 0 saturated carbocycles. The zero-order valence-electron chi connectivity index (χ0n) is 13.3. The summed E-state index contributed by atoms with van der Waals surface area (Å²) < 4.78 is 5.30. The van der Waals surface area contributed by atoms with Crippen LogP contribution in [0.15, 0.2) is 24.4 Å². The van der Waals surface area contributed by atoms with Gasteiger partial charge in [-0.3, -0.25) is 9.88 Å². The van der Waals surface area contributed by atoms with E-state index in [1.54, 1.807) is 0 Å². The number of likely N-dealkylation sites (tertiary alicyclic amines) is 1. The Morgan fingerprint density at radius 3 is 2.86 bits per heavy atom. The van der Waals surface area contributed by atoms with Gasteiger partial charge in [0, 0.05) is 31.4 Å². The molecule has 1 aromatic rings. The number of nitrogens with one attached hydrogen (secondary N) is 1. The van der Waals surface area contributed by atoms with E-state index in [-0.39, 0.29) is 18.2 Å². The number of hydrogen-bond acceptors (Lipinski definition) is 4.